The first-order chi connectivity index (χ1) is 9.69. The van der Waals surface area contributed by atoms with Crippen molar-refractivity contribution in [2.75, 3.05) is 13.2 Å². The number of hydrogen-bond acceptors (Lipinski definition) is 2. The molecule has 0 radical (unpaired) electrons. The van der Waals surface area contributed by atoms with Gasteiger partial charge in [0.2, 0.25) is 0 Å². The molecule has 1 aromatic rings. The van der Waals surface area contributed by atoms with Gasteiger partial charge in [0.15, 0.2) is 0 Å². The predicted octanol–water partition coefficient (Wildman–Crippen LogP) is 4.07. The Morgan fingerprint density at radius 3 is 3.00 bits per heavy atom. The van der Waals surface area contributed by atoms with Gasteiger partial charge < -0.3 is 10.1 Å². The van der Waals surface area contributed by atoms with Gasteiger partial charge in [-0.3, -0.25) is 0 Å². The molecule has 1 aliphatic rings. The number of likely N-dealkylation sites (N-methyl/N-ethyl adjacent to an activating group) is 1. The minimum Gasteiger partial charge on any atom is -0.378 e. The Morgan fingerprint density at radius 2 is 2.35 bits per heavy atom. The van der Waals surface area contributed by atoms with Crippen molar-refractivity contribution in [3.8, 4) is 0 Å². The molecule has 0 spiro atoms. The van der Waals surface area contributed by atoms with Gasteiger partial charge in [-0.25, -0.2) is 4.39 Å². The molecule has 1 aromatic carbocycles. The smallest absolute Gasteiger partial charge is 0.124 e. The fraction of sp³-hybridized carbons (Fsp3) is 0.625. The summed E-state index contributed by atoms with van der Waals surface area (Å²) < 4.78 is 19.7. The van der Waals surface area contributed by atoms with Crippen LogP contribution in [-0.2, 0) is 11.2 Å². The van der Waals surface area contributed by atoms with Gasteiger partial charge >= 0.3 is 0 Å². The molecule has 1 N–H and O–H groups in total. The summed E-state index contributed by atoms with van der Waals surface area (Å²) in [5, 5.41) is 3.53. The first-order valence-corrected chi connectivity index (χ1v) is 8.27. The lowest BCUT2D eigenvalue weighted by Gasteiger charge is -2.20. The van der Waals surface area contributed by atoms with Gasteiger partial charge in [0.25, 0.3) is 0 Å². The van der Waals surface area contributed by atoms with E-state index in [4.69, 9.17) is 4.74 Å². The van der Waals surface area contributed by atoms with Gasteiger partial charge in [-0.05, 0) is 56.3 Å². The molecule has 4 heteroatoms. The molecule has 112 valence electrons. The van der Waals surface area contributed by atoms with Crippen LogP contribution in [0.25, 0.3) is 0 Å². The highest BCUT2D eigenvalue weighted by Crippen LogP contribution is 2.22. The molecule has 2 unspecified atom stereocenters. The van der Waals surface area contributed by atoms with Crippen molar-refractivity contribution >= 4 is 15.9 Å². The molecule has 0 bridgehead atoms. The zero-order chi connectivity index (χ0) is 14.4. The van der Waals surface area contributed by atoms with Crippen molar-refractivity contribution in [2.45, 2.75) is 51.2 Å². The van der Waals surface area contributed by atoms with Gasteiger partial charge in [-0.15, -0.1) is 0 Å². The molecule has 0 saturated carbocycles. The Labute approximate surface area is 129 Å². The van der Waals surface area contributed by atoms with Crippen molar-refractivity contribution < 1.29 is 9.13 Å². The molecule has 1 fully saturated rings. The molecule has 2 atom stereocenters. The maximum absolute atomic E-state index is 13.1. The fourth-order valence-electron chi connectivity index (χ4n) is 2.78. The number of rotatable bonds is 7. The van der Waals surface area contributed by atoms with Gasteiger partial charge in [-0.1, -0.05) is 28.9 Å². The number of benzene rings is 1. The lowest BCUT2D eigenvalue weighted by molar-refractivity contribution is 0.0996. The van der Waals surface area contributed by atoms with Crippen LogP contribution in [0.5, 0.6) is 0 Å². The number of ether oxygens (including phenoxy) is 1. The second kappa shape index (κ2) is 8.11. The molecule has 0 amide bonds. The van der Waals surface area contributed by atoms with Crippen LogP contribution in [0.1, 0.15) is 38.2 Å². The first-order valence-electron chi connectivity index (χ1n) is 7.48. The first kappa shape index (κ1) is 15.9. The van der Waals surface area contributed by atoms with E-state index in [0.717, 1.165) is 42.5 Å². The summed E-state index contributed by atoms with van der Waals surface area (Å²) in [7, 11) is 0. The highest BCUT2D eigenvalue weighted by Gasteiger charge is 2.18. The predicted molar refractivity (Wildman–Crippen MR) is 83.5 cm³/mol. The lowest BCUT2D eigenvalue weighted by atomic mass is 9.99. The standard InChI is InChI=1S/C16H23BrFNO/c1-2-19-14(7-8-15-4-3-9-20-15)10-12-5-6-13(18)11-16(12)17/h5-6,11,14-15,19H,2-4,7-10H2,1H3. The van der Waals surface area contributed by atoms with Crippen LogP contribution >= 0.6 is 15.9 Å². The van der Waals surface area contributed by atoms with E-state index in [1.807, 2.05) is 6.07 Å². The van der Waals surface area contributed by atoms with Crippen molar-refractivity contribution in [3.63, 3.8) is 0 Å². The van der Waals surface area contributed by atoms with Crippen LogP contribution in [0.3, 0.4) is 0 Å². The molecular formula is C16H23BrFNO. The second-order valence-electron chi connectivity index (χ2n) is 5.41. The Hall–Kier alpha value is -0.450. The van der Waals surface area contributed by atoms with Crippen molar-refractivity contribution in [2.24, 2.45) is 0 Å². The summed E-state index contributed by atoms with van der Waals surface area (Å²) in [6.07, 6.45) is 5.95. The van der Waals surface area contributed by atoms with E-state index in [0.29, 0.717) is 12.1 Å². The minimum absolute atomic E-state index is 0.194. The third-order valence-corrected chi connectivity index (χ3v) is 4.57. The third kappa shape index (κ3) is 4.83. The molecule has 0 aliphatic carbocycles. The van der Waals surface area contributed by atoms with Crippen molar-refractivity contribution in [1.29, 1.82) is 0 Å². The highest BCUT2D eigenvalue weighted by atomic mass is 79.9. The van der Waals surface area contributed by atoms with E-state index in [1.165, 1.54) is 18.9 Å². The summed E-state index contributed by atoms with van der Waals surface area (Å²) in [4.78, 5) is 0. The van der Waals surface area contributed by atoms with Gasteiger partial charge in [0.1, 0.15) is 5.82 Å². The second-order valence-corrected chi connectivity index (χ2v) is 6.26. The minimum atomic E-state index is -0.194. The number of hydrogen-bond donors (Lipinski definition) is 1. The SMILES string of the molecule is CCNC(CCC1CCCO1)Cc1ccc(F)cc1Br. The van der Waals surface area contributed by atoms with Gasteiger partial charge in [0, 0.05) is 17.1 Å². The summed E-state index contributed by atoms with van der Waals surface area (Å²) in [5.74, 6) is -0.194. The summed E-state index contributed by atoms with van der Waals surface area (Å²) in [6.45, 7) is 3.99. The largest absolute Gasteiger partial charge is 0.378 e. The van der Waals surface area contributed by atoms with Crippen LogP contribution in [0.4, 0.5) is 4.39 Å². The van der Waals surface area contributed by atoms with Crippen LogP contribution in [0.2, 0.25) is 0 Å². The van der Waals surface area contributed by atoms with E-state index in [2.05, 4.69) is 28.2 Å². The average Bonchev–Trinajstić information content (AvgIpc) is 2.92. The van der Waals surface area contributed by atoms with E-state index < -0.39 is 0 Å². The van der Waals surface area contributed by atoms with Crippen LogP contribution in [-0.4, -0.2) is 25.3 Å². The number of halogens is 2. The van der Waals surface area contributed by atoms with Crippen LogP contribution < -0.4 is 5.32 Å². The van der Waals surface area contributed by atoms with Crippen molar-refractivity contribution in [3.05, 3.63) is 34.1 Å². The molecule has 1 heterocycles. The van der Waals surface area contributed by atoms with Crippen LogP contribution in [0, 0.1) is 5.82 Å². The molecule has 0 aromatic heterocycles. The molecule has 2 rings (SSSR count). The van der Waals surface area contributed by atoms with Crippen molar-refractivity contribution in [1.82, 2.24) is 5.32 Å². The van der Waals surface area contributed by atoms with E-state index in [-0.39, 0.29) is 5.82 Å². The highest BCUT2D eigenvalue weighted by molar-refractivity contribution is 9.10. The third-order valence-electron chi connectivity index (χ3n) is 3.84. The van der Waals surface area contributed by atoms with Gasteiger partial charge in [0.05, 0.1) is 6.10 Å². The average molecular weight is 344 g/mol. The Bertz CT molecular complexity index is 421. The van der Waals surface area contributed by atoms with E-state index in [1.54, 1.807) is 6.07 Å². The maximum atomic E-state index is 13.1. The topological polar surface area (TPSA) is 21.3 Å². The molecule has 1 aliphatic heterocycles. The summed E-state index contributed by atoms with van der Waals surface area (Å²) in [5.41, 5.74) is 1.16. The molecule has 1 saturated heterocycles. The normalized spacial score (nSPS) is 20.2. The Kier molecular flexibility index (Phi) is 6.46. The quantitative estimate of drug-likeness (QED) is 0.805. The monoisotopic (exact) mass is 343 g/mol. The van der Waals surface area contributed by atoms with E-state index >= 15 is 0 Å². The zero-order valence-corrected chi connectivity index (χ0v) is 13.6. The zero-order valence-electron chi connectivity index (χ0n) is 12.0. The molecular weight excluding hydrogens is 321 g/mol. The summed E-state index contributed by atoms with van der Waals surface area (Å²) in [6, 6.07) is 5.36. The molecule has 2 nitrogen and oxygen atoms in total. The fourth-order valence-corrected chi connectivity index (χ4v) is 3.29. The molecule has 20 heavy (non-hydrogen) atoms. The summed E-state index contributed by atoms with van der Waals surface area (Å²) >= 11 is 3.45. The number of nitrogens with one attached hydrogen (secondary N) is 1. The Balaban J connectivity index is 1.90. The van der Waals surface area contributed by atoms with Gasteiger partial charge in [-0.2, -0.15) is 0 Å². The lowest BCUT2D eigenvalue weighted by Crippen LogP contribution is -2.32. The Morgan fingerprint density at radius 1 is 1.50 bits per heavy atom. The maximum Gasteiger partial charge on any atom is 0.124 e. The van der Waals surface area contributed by atoms with Crippen LogP contribution in [0.15, 0.2) is 22.7 Å². The van der Waals surface area contributed by atoms with E-state index in [9.17, 15) is 4.39 Å².